The Morgan fingerprint density at radius 3 is 2.50 bits per heavy atom. The molecule has 4 rings (SSSR count). The molecule has 128 valence electrons. The Kier molecular flexibility index (Phi) is 4.40. The smallest absolute Gasteiger partial charge is 0.0874 e. The van der Waals surface area contributed by atoms with E-state index in [-0.39, 0.29) is 0 Å². The van der Waals surface area contributed by atoms with Gasteiger partial charge >= 0.3 is 0 Å². The summed E-state index contributed by atoms with van der Waals surface area (Å²) >= 11 is 0. The summed E-state index contributed by atoms with van der Waals surface area (Å²) in [6, 6.07) is 10.4. The summed E-state index contributed by atoms with van der Waals surface area (Å²) < 4.78 is 1.94. The molecule has 1 saturated carbocycles. The van der Waals surface area contributed by atoms with E-state index >= 15 is 0 Å². The Balaban J connectivity index is 1.30. The summed E-state index contributed by atoms with van der Waals surface area (Å²) in [6.45, 7) is 2.16. The molecule has 0 saturated heterocycles. The molecule has 2 aromatic rings. The Morgan fingerprint density at radius 1 is 1.00 bits per heavy atom. The van der Waals surface area contributed by atoms with Crippen molar-refractivity contribution in [3.8, 4) is 0 Å². The lowest BCUT2D eigenvalue weighted by atomic mass is 9.81. The highest BCUT2D eigenvalue weighted by molar-refractivity contribution is 5.25. The van der Waals surface area contributed by atoms with Crippen LogP contribution in [0.4, 0.5) is 0 Å². The molecular weight excluding hydrogens is 296 g/mol. The Bertz CT molecular complexity index is 680. The fourth-order valence-electron chi connectivity index (χ4n) is 4.44. The second-order valence-corrected chi connectivity index (χ2v) is 7.67. The maximum atomic E-state index is 4.33. The Labute approximate surface area is 144 Å². The normalized spacial score (nSPS) is 27.0. The van der Waals surface area contributed by atoms with Crippen molar-refractivity contribution in [2.75, 3.05) is 0 Å². The van der Waals surface area contributed by atoms with E-state index in [9.17, 15) is 0 Å². The van der Waals surface area contributed by atoms with Gasteiger partial charge in [-0.2, -0.15) is 0 Å². The van der Waals surface area contributed by atoms with Gasteiger partial charge in [0.25, 0.3) is 0 Å². The lowest BCUT2D eigenvalue weighted by molar-refractivity contribution is 0.300. The fraction of sp³-hybridized carbons (Fsp3) is 0.600. The van der Waals surface area contributed by atoms with Gasteiger partial charge in [0.1, 0.15) is 0 Å². The highest BCUT2D eigenvalue weighted by Crippen LogP contribution is 2.33. The lowest BCUT2D eigenvalue weighted by Gasteiger charge is -2.33. The average Bonchev–Trinajstić information content (AvgIpc) is 2.97. The topological polar surface area (TPSA) is 42.7 Å². The highest BCUT2D eigenvalue weighted by atomic mass is 15.4. The standard InChI is InChI=1S/C20H28N4/c1-14-3-5-15(6-4-14)16-7-9-17(10-8-16)21-18-11-12-20-19(13-18)22-23-24(20)2/h3-6,16-18,21H,7-13H2,1-2H3. The van der Waals surface area contributed by atoms with Gasteiger partial charge < -0.3 is 5.32 Å². The van der Waals surface area contributed by atoms with Crippen molar-refractivity contribution in [1.29, 1.82) is 0 Å². The van der Waals surface area contributed by atoms with E-state index in [1.54, 1.807) is 0 Å². The number of aryl methyl sites for hydroxylation is 2. The first-order valence-electron chi connectivity index (χ1n) is 9.39. The maximum absolute atomic E-state index is 4.33. The summed E-state index contributed by atoms with van der Waals surface area (Å²) in [7, 11) is 2.01. The third-order valence-corrected chi connectivity index (χ3v) is 5.94. The number of nitrogens with zero attached hydrogens (tertiary/aromatic N) is 3. The first kappa shape index (κ1) is 15.8. The molecule has 4 heteroatoms. The quantitative estimate of drug-likeness (QED) is 0.942. The van der Waals surface area contributed by atoms with E-state index in [4.69, 9.17) is 0 Å². The van der Waals surface area contributed by atoms with E-state index in [1.165, 1.54) is 54.6 Å². The van der Waals surface area contributed by atoms with Crippen molar-refractivity contribution in [3.63, 3.8) is 0 Å². The molecule has 2 aliphatic carbocycles. The zero-order valence-corrected chi connectivity index (χ0v) is 14.8. The molecule has 1 aromatic carbocycles. The zero-order valence-electron chi connectivity index (χ0n) is 14.8. The first-order chi connectivity index (χ1) is 11.7. The van der Waals surface area contributed by atoms with Crippen molar-refractivity contribution in [2.45, 2.75) is 69.9 Å². The van der Waals surface area contributed by atoms with Crippen LogP contribution in [0, 0.1) is 6.92 Å². The highest BCUT2D eigenvalue weighted by Gasteiger charge is 2.27. The van der Waals surface area contributed by atoms with Crippen LogP contribution >= 0.6 is 0 Å². The summed E-state index contributed by atoms with van der Waals surface area (Å²) in [4.78, 5) is 0. The molecule has 0 bridgehead atoms. The molecule has 1 fully saturated rings. The van der Waals surface area contributed by atoms with E-state index in [0.29, 0.717) is 12.1 Å². The number of hydrogen-bond donors (Lipinski definition) is 1. The van der Waals surface area contributed by atoms with Crippen LogP contribution in [0.15, 0.2) is 24.3 Å². The molecule has 0 aliphatic heterocycles. The van der Waals surface area contributed by atoms with Gasteiger partial charge in [-0.3, -0.25) is 4.68 Å². The van der Waals surface area contributed by atoms with Crippen LogP contribution in [0.25, 0.3) is 0 Å². The molecular formula is C20H28N4. The van der Waals surface area contributed by atoms with Crippen LogP contribution in [0.2, 0.25) is 0 Å². The number of benzene rings is 1. The van der Waals surface area contributed by atoms with Gasteiger partial charge in [0.2, 0.25) is 0 Å². The Hall–Kier alpha value is -1.68. The van der Waals surface area contributed by atoms with Crippen LogP contribution in [-0.2, 0) is 19.9 Å². The minimum absolute atomic E-state index is 0.579. The third-order valence-electron chi connectivity index (χ3n) is 5.94. The van der Waals surface area contributed by atoms with Gasteiger partial charge in [-0.25, -0.2) is 0 Å². The molecule has 24 heavy (non-hydrogen) atoms. The summed E-state index contributed by atoms with van der Waals surface area (Å²) in [5.41, 5.74) is 5.42. The SMILES string of the molecule is Cc1ccc(C2CCC(NC3CCc4c(nnn4C)C3)CC2)cc1. The first-order valence-corrected chi connectivity index (χ1v) is 9.39. The van der Waals surface area contributed by atoms with Gasteiger partial charge in [-0.15, -0.1) is 5.10 Å². The molecule has 0 radical (unpaired) electrons. The minimum atomic E-state index is 0.579. The van der Waals surface area contributed by atoms with E-state index in [0.717, 1.165) is 18.8 Å². The predicted molar refractivity (Wildman–Crippen MR) is 96.1 cm³/mol. The van der Waals surface area contributed by atoms with E-state index < -0.39 is 0 Å². The van der Waals surface area contributed by atoms with Gasteiger partial charge in [0.05, 0.1) is 11.4 Å². The average molecular weight is 324 g/mol. The van der Waals surface area contributed by atoms with E-state index in [2.05, 4.69) is 46.8 Å². The van der Waals surface area contributed by atoms with Crippen LogP contribution in [0.5, 0.6) is 0 Å². The molecule has 4 nitrogen and oxygen atoms in total. The second kappa shape index (κ2) is 6.67. The zero-order chi connectivity index (χ0) is 16.5. The minimum Gasteiger partial charge on any atom is -0.311 e. The van der Waals surface area contributed by atoms with E-state index in [1.807, 2.05) is 11.7 Å². The maximum Gasteiger partial charge on any atom is 0.0874 e. The van der Waals surface area contributed by atoms with Crippen LogP contribution < -0.4 is 5.32 Å². The lowest BCUT2D eigenvalue weighted by Crippen LogP contribution is -2.43. The monoisotopic (exact) mass is 324 g/mol. The third kappa shape index (κ3) is 3.25. The number of rotatable bonds is 3. The molecule has 1 unspecified atom stereocenters. The number of fused-ring (bicyclic) bond motifs is 1. The summed E-state index contributed by atoms with van der Waals surface area (Å²) in [5, 5.41) is 12.4. The van der Waals surface area contributed by atoms with Crippen molar-refractivity contribution >= 4 is 0 Å². The van der Waals surface area contributed by atoms with Crippen LogP contribution in [0.1, 0.15) is 60.5 Å². The molecule has 1 aromatic heterocycles. The second-order valence-electron chi connectivity index (χ2n) is 7.67. The molecule has 1 N–H and O–H groups in total. The van der Waals surface area contributed by atoms with Gasteiger partial charge in [-0.05, 0) is 56.9 Å². The Morgan fingerprint density at radius 2 is 1.75 bits per heavy atom. The number of aromatic nitrogens is 3. The van der Waals surface area contributed by atoms with Crippen LogP contribution in [-0.4, -0.2) is 27.1 Å². The summed E-state index contributed by atoms with van der Waals surface area (Å²) in [6.07, 6.45) is 8.57. The fourth-order valence-corrected chi connectivity index (χ4v) is 4.44. The van der Waals surface area contributed by atoms with Crippen molar-refractivity contribution in [2.24, 2.45) is 7.05 Å². The van der Waals surface area contributed by atoms with Crippen molar-refractivity contribution in [1.82, 2.24) is 20.3 Å². The molecule has 1 atom stereocenters. The summed E-state index contributed by atoms with van der Waals surface area (Å²) in [5.74, 6) is 0.751. The van der Waals surface area contributed by atoms with Crippen molar-refractivity contribution in [3.05, 3.63) is 46.8 Å². The van der Waals surface area contributed by atoms with Crippen LogP contribution in [0.3, 0.4) is 0 Å². The number of nitrogens with one attached hydrogen (secondary N) is 1. The number of hydrogen-bond acceptors (Lipinski definition) is 3. The predicted octanol–water partition coefficient (Wildman–Crippen LogP) is 3.30. The molecule has 1 heterocycles. The van der Waals surface area contributed by atoms with Crippen molar-refractivity contribution < 1.29 is 0 Å². The van der Waals surface area contributed by atoms with Gasteiger partial charge in [-0.1, -0.05) is 35.0 Å². The molecule has 0 spiro atoms. The largest absolute Gasteiger partial charge is 0.311 e. The molecule has 2 aliphatic rings. The van der Waals surface area contributed by atoms with Gasteiger partial charge in [0, 0.05) is 25.6 Å². The molecule has 0 amide bonds. The van der Waals surface area contributed by atoms with Gasteiger partial charge in [0.15, 0.2) is 0 Å².